The summed E-state index contributed by atoms with van der Waals surface area (Å²) >= 11 is 0. The molecule has 0 aromatic carbocycles. The fraction of sp³-hybridized carbons (Fsp3) is 1.00. The molecule has 11 heavy (non-hydrogen) atoms. The number of hydrazine groups is 3. The first-order chi connectivity index (χ1) is 5.41. The van der Waals surface area contributed by atoms with E-state index in [2.05, 4.69) is 21.9 Å². The lowest BCUT2D eigenvalue weighted by molar-refractivity contribution is 0.121. The molecule has 0 unspecified atom stereocenters. The molecule has 2 aliphatic rings. The van der Waals surface area contributed by atoms with Gasteiger partial charge in [-0.2, -0.15) is 11.1 Å². The minimum absolute atomic E-state index is 0.323. The fourth-order valence-electron chi connectivity index (χ4n) is 2.00. The molecule has 4 N–H and O–H groups in total. The average molecular weight is 156 g/mol. The minimum Gasteiger partial charge on any atom is -0.241 e. The molecule has 0 atom stereocenters. The van der Waals surface area contributed by atoms with Crippen molar-refractivity contribution in [2.24, 2.45) is 0 Å². The van der Waals surface area contributed by atoms with Gasteiger partial charge in [0.15, 0.2) is 0 Å². The van der Waals surface area contributed by atoms with Crippen LogP contribution < -0.4 is 21.9 Å². The maximum absolute atomic E-state index is 3.31. The van der Waals surface area contributed by atoms with Crippen molar-refractivity contribution in [1.82, 2.24) is 21.9 Å². The van der Waals surface area contributed by atoms with Gasteiger partial charge in [-0.05, 0) is 12.8 Å². The lowest BCUT2D eigenvalue weighted by Gasteiger charge is -2.41. The lowest BCUT2D eigenvalue weighted by Crippen LogP contribution is -2.70. The summed E-state index contributed by atoms with van der Waals surface area (Å²) in [5.41, 5.74) is 12.5. The molecule has 1 aliphatic heterocycles. The molecule has 1 heterocycles. The zero-order valence-corrected chi connectivity index (χ0v) is 6.74. The van der Waals surface area contributed by atoms with Crippen molar-refractivity contribution in [3.63, 3.8) is 0 Å². The smallest absolute Gasteiger partial charge is 0.0476 e. The van der Waals surface area contributed by atoms with Gasteiger partial charge in [-0.1, -0.05) is 19.3 Å². The van der Waals surface area contributed by atoms with Gasteiger partial charge in [0.2, 0.25) is 0 Å². The van der Waals surface area contributed by atoms with Crippen LogP contribution in [0, 0.1) is 0 Å². The van der Waals surface area contributed by atoms with Crippen LogP contribution in [0.3, 0.4) is 0 Å². The zero-order chi connectivity index (χ0) is 7.57. The van der Waals surface area contributed by atoms with Gasteiger partial charge in [-0.15, -0.1) is 0 Å². The first-order valence-corrected chi connectivity index (χ1v) is 4.41. The second-order valence-corrected chi connectivity index (χ2v) is 3.57. The minimum atomic E-state index is 0.323. The van der Waals surface area contributed by atoms with E-state index < -0.39 is 0 Å². The highest BCUT2D eigenvalue weighted by molar-refractivity contribution is 4.91. The SMILES string of the molecule is C1CCC2(CC1)CNNNN2. The molecule has 1 saturated carbocycles. The normalized spacial score (nSPS) is 30.5. The predicted molar refractivity (Wildman–Crippen MR) is 43.2 cm³/mol. The third-order valence-corrected chi connectivity index (χ3v) is 2.72. The molecule has 0 bridgehead atoms. The van der Waals surface area contributed by atoms with Crippen molar-refractivity contribution in [3.05, 3.63) is 0 Å². The average Bonchev–Trinajstić information content (AvgIpc) is 2.07. The van der Waals surface area contributed by atoms with Gasteiger partial charge >= 0.3 is 0 Å². The van der Waals surface area contributed by atoms with Crippen LogP contribution in [-0.4, -0.2) is 12.1 Å². The van der Waals surface area contributed by atoms with E-state index in [4.69, 9.17) is 0 Å². The van der Waals surface area contributed by atoms with Crippen LogP contribution in [0.1, 0.15) is 32.1 Å². The Morgan fingerprint density at radius 2 is 1.73 bits per heavy atom. The third-order valence-electron chi connectivity index (χ3n) is 2.72. The number of nitrogens with one attached hydrogen (secondary N) is 4. The Kier molecular flexibility index (Phi) is 2.09. The maximum Gasteiger partial charge on any atom is 0.0476 e. The molecule has 4 heteroatoms. The van der Waals surface area contributed by atoms with Crippen LogP contribution in [0.15, 0.2) is 0 Å². The Morgan fingerprint density at radius 1 is 0.909 bits per heavy atom. The molecule has 1 aliphatic carbocycles. The summed E-state index contributed by atoms with van der Waals surface area (Å²) in [6, 6.07) is 0. The molecule has 1 spiro atoms. The Hall–Kier alpha value is -0.160. The summed E-state index contributed by atoms with van der Waals surface area (Å²) in [5, 5.41) is 0. The van der Waals surface area contributed by atoms with Crippen molar-refractivity contribution < 1.29 is 0 Å². The summed E-state index contributed by atoms with van der Waals surface area (Å²) in [6.07, 6.45) is 6.69. The van der Waals surface area contributed by atoms with E-state index in [1.54, 1.807) is 0 Å². The van der Waals surface area contributed by atoms with Crippen molar-refractivity contribution in [2.75, 3.05) is 6.54 Å². The summed E-state index contributed by atoms with van der Waals surface area (Å²) in [6.45, 7) is 1.03. The van der Waals surface area contributed by atoms with E-state index >= 15 is 0 Å². The van der Waals surface area contributed by atoms with Gasteiger partial charge in [-0.25, -0.2) is 10.9 Å². The molecule has 4 nitrogen and oxygen atoms in total. The van der Waals surface area contributed by atoms with E-state index in [-0.39, 0.29) is 0 Å². The molecule has 2 fully saturated rings. The Morgan fingerprint density at radius 3 is 2.36 bits per heavy atom. The van der Waals surface area contributed by atoms with Crippen LogP contribution in [0.5, 0.6) is 0 Å². The van der Waals surface area contributed by atoms with Crippen LogP contribution in [0.25, 0.3) is 0 Å². The lowest BCUT2D eigenvalue weighted by atomic mass is 9.82. The summed E-state index contributed by atoms with van der Waals surface area (Å²) < 4.78 is 0. The van der Waals surface area contributed by atoms with E-state index in [9.17, 15) is 0 Å². The molecule has 64 valence electrons. The first-order valence-electron chi connectivity index (χ1n) is 4.41. The van der Waals surface area contributed by atoms with Crippen molar-refractivity contribution in [2.45, 2.75) is 37.6 Å². The highest BCUT2D eigenvalue weighted by Crippen LogP contribution is 2.27. The van der Waals surface area contributed by atoms with Crippen molar-refractivity contribution in [1.29, 1.82) is 0 Å². The van der Waals surface area contributed by atoms with Gasteiger partial charge in [0, 0.05) is 12.1 Å². The van der Waals surface area contributed by atoms with Crippen LogP contribution in [0.2, 0.25) is 0 Å². The van der Waals surface area contributed by atoms with Crippen LogP contribution in [-0.2, 0) is 0 Å². The van der Waals surface area contributed by atoms with Gasteiger partial charge in [0.1, 0.15) is 0 Å². The monoisotopic (exact) mass is 156 g/mol. The molecule has 0 aromatic heterocycles. The van der Waals surface area contributed by atoms with Gasteiger partial charge in [0.25, 0.3) is 0 Å². The van der Waals surface area contributed by atoms with E-state index in [1.165, 1.54) is 32.1 Å². The Labute approximate surface area is 67.0 Å². The van der Waals surface area contributed by atoms with Crippen molar-refractivity contribution in [3.8, 4) is 0 Å². The van der Waals surface area contributed by atoms with Crippen LogP contribution in [0.4, 0.5) is 0 Å². The van der Waals surface area contributed by atoms with Crippen molar-refractivity contribution >= 4 is 0 Å². The fourth-order valence-corrected chi connectivity index (χ4v) is 2.00. The van der Waals surface area contributed by atoms with Crippen LogP contribution >= 0.6 is 0 Å². The van der Waals surface area contributed by atoms with E-state index in [0.29, 0.717) is 5.54 Å². The molecule has 0 amide bonds. The first kappa shape index (κ1) is 7.49. The Balaban J connectivity index is 1.94. The molecule has 1 saturated heterocycles. The van der Waals surface area contributed by atoms with Gasteiger partial charge in [0.05, 0.1) is 0 Å². The second-order valence-electron chi connectivity index (χ2n) is 3.57. The quantitative estimate of drug-likeness (QED) is 0.392. The summed E-state index contributed by atoms with van der Waals surface area (Å²) in [7, 11) is 0. The topological polar surface area (TPSA) is 48.1 Å². The van der Waals surface area contributed by atoms with E-state index in [0.717, 1.165) is 6.54 Å². The number of hydrogen-bond acceptors (Lipinski definition) is 4. The maximum atomic E-state index is 3.31. The number of rotatable bonds is 0. The highest BCUT2D eigenvalue weighted by atomic mass is 15.8. The van der Waals surface area contributed by atoms with E-state index in [1.807, 2.05) is 0 Å². The predicted octanol–water partition coefficient (Wildman–Crippen LogP) is -0.194. The molecular weight excluding hydrogens is 140 g/mol. The second kappa shape index (κ2) is 3.06. The Bertz CT molecular complexity index is 105. The standard InChI is InChI=1S/C7H16N4/c1-2-4-7(5-3-1)6-8-10-11-9-7/h8-11H,1-6H2. The van der Waals surface area contributed by atoms with Gasteiger partial charge < -0.3 is 0 Å². The molecular formula is C7H16N4. The number of hydrogen-bond donors (Lipinski definition) is 4. The molecule has 0 aromatic rings. The summed E-state index contributed by atoms with van der Waals surface area (Å²) in [4.78, 5) is 0. The molecule has 0 radical (unpaired) electrons. The largest absolute Gasteiger partial charge is 0.241 e. The zero-order valence-electron chi connectivity index (χ0n) is 6.74. The third kappa shape index (κ3) is 1.54. The highest BCUT2D eigenvalue weighted by Gasteiger charge is 2.32. The molecule has 2 rings (SSSR count). The summed E-state index contributed by atoms with van der Waals surface area (Å²) in [5.74, 6) is 0. The van der Waals surface area contributed by atoms with Gasteiger partial charge in [-0.3, -0.25) is 0 Å².